The van der Waals surface area contributed by atoms with Crippen molar-refractivity contribution in [2.45, 2.75) is 25.1 Å². The second-order valence-corrected chi connectivity index (χ2v) is 5.57. The van der Waals surface area contributed by atoms with Gasteiger partial charge in [-0.15, -0.1) is 0 Å². The monoisotopic (exact) mass is 309 g/mol. The van der Waals surface area contributed by atoms with Gasteiger partial charge in [0.25, 0.3) is 0 Å². The first kappa shape index (κ1) is 15.2. The third-order valence-corrected chi connectivity index (χ3v) is 4.06. The molecule has 1 aliphatic rings. The summed E-state index contributed by atoms with van der Waals surface area (Å²) in [5.74, 6) is -1.28. The zero-order valence-electron chi connectivity index (χ0n) is 12.1. The van der Waals surface area contributed by atoms with Crippen LogP contribution in [0, 0.1) is 11.6 Å². The normalized spacial score (nSPS) is 22.1. The molecule has 2 atom stereocenters. The van der Waals surface area contributed by atoms with Crippen LogP contribution in [0.3, 0.4) is 0 Å². The topological polar surface area (TPSA) is 37.0 Å². The first-order valence-corrected chi connectivity index (χ1v) is 7.46. The van der Waals surface area contributed by atoms with Crippen molar-refractivity contribution in [3.8, 4) is 0 Å². The van der Waals surface area contributed by atoms with Crippen LogP contribution in [-0.2, 0) is 6.42 Å². The zero-order valence-corrected chi connectivity index (χ0v) is 12.1. The number of pyridine rings is 1. The summed E-state index contributed by atoms with van der Waals surface area (Å²) in [4.78, 5) is 3.96. The lowest BCUT2D eigenvalue weighted by molar-refractivity contribution is 0.204. The van der Waals surface area contributed by atoms with E-state index in [0.29, 0.717) is 24.9 Å². The molecule has 0 spiro atoms. The highest BCUT2D eigenvalue weighted by molar-refractivity contribution is 5.82. The molecular weight excluding hydrogens is 291 g/mol. The number of piperidine rings is 1. The maximum Gasteiger partial charge on any atom is 0.152 e. The Labute approximate surface area is 126 Å². The van der Waals surface area contributed by atoms with Crippen molar-refractivity contribution >= 4 is 10.9 Å². The van der Waals surface area contributed by atoms with Crippen molar-refractivity contribution in [1.29, 1.82) is 0 Å². The Hall–Kier alpha value is -1.66. The fourth-order valence-electron chi connectivity index (χ4n) is 2.89. The molecule has 0 bridgehead atoms. The highest BCUT2D eigenvalue weighted by atomic mass is 19.1. The van der Waals surface area contributed by atoms with E-state index < -0.39 is 17.8 Å². The molecule has 1 aromatic heterocycles. The van der Waals surface area contributed by atoms with Crippen molar-refractivity contribution in [2.24, 2.45) is 0 Å². The second kappa shape index (κ2) is 6.62. The predicted molar refractivity (Wildman–Crippen MR) is 79.5 cm³/mol. The lowest BCUT2D eigenvalue weighted by atomic mass is 10.0. The molecule has 1 fully saturated rings. The number of aromatic nitrogens is 1. The molecule has 2 heterocycles. The summed E-state index contributed by atoms with van der Waals surface area (Å²) in [5, 5.41) is 6.67. The van der Waals surface area contributed by atoms with Gasteiger partial charge in [-0.05, 0) is 43.6 Å². The van der Waals surface area contributed by atoms with E-state index in [1.807, 2.05) is 0 Å². The first-order chi connectivity index (χ1) is 10.6. The molecule has 0 amide bonds. The molecule has 22 heavy (non-hydrogen) atoms. The summed E-state index contributed by atoms with van der Waals surface area (Å²) in [7, 11) is 0. The third-order valence-electron chi connectivity index (χ3n) is 4.06. The molecule has 1 saturated heterocycles. The van der Waals surface area contributed by atoms with Crippen LogP contribution in [0.1, 0.15) is 12.0 Å². The molecule has 0 unspecified atom stereocenters. The van der Waals surface area contributed by atoms with E-state index in [9.17, 15) is 13.2 Å². The largest absolute Gasteiger partial charge is 0.314 e. The van der Waals surface area contributed by atoms with E-state index in [2.05, 4.69) is 15.6 Å². The van der Waals surface area contributed by atoms with Gasteiger partial charge in [0.05, 0.1) is 0 Å². The number of alkyl halides is 1. The number of benzene rings is 1. The number of nitrogens with zero attached hydrogens (tertiary/aromatic N) is 1. The molecule has 0 aliphatic carbocycles. The highest BCUT2D eigenvalue weighted by Gasteiger charge is 2.23. The molecule has 3 nitrogen and oxygen atoms in total. The van der Waals surface area contributed by atoms with E-state index in [-0.39, 0.29) is 11.6 Å². The van der Waals surface area contributed by atoms with Crippen molar-refractivity contribution in [1.82, 2.24) is 15.6 Å². The molecule has 0 saturated carbocycles. The molecule has 1 aromatic carbocycles. The number of rotatable bonds is 4. The van der Waals surface area contributed by atoms with Crippen LogP contribution in [0.15, 0.2) is 24.4 Å². The molecule has 6 heteroatoms. The minimum atomic E-state index is -0.905. The quantitative estimate of drug-likeness (QED) is 0.910. The number of hydrogen-bond donors (Lipinski definition) is 2. The average Bonchev–Trinajstić information content (AvgIpc) is 2.50. The number of nitrogens with one attached hydrogen (secondary N) is 2. The van der Waals surface area contributed by atoms with E-state index >= 15 is 0 Å². The maximum absolute atomic E-state index is 13.7. The summed E-state index contributed by atoms with van der Waals surface area (Å²) in [5.41, 5.74) is 0.976. The van der Waals surface area contributed by atoms with Crippen molar-refractivity contribution in [2.75, 3.05) is 19.6 Å². The van der Waals surface area contributed by atoms with Gasteiger partial charge in [0.2, 0.25) is 0 Å². The summed E-state index contributed by atoms with van der Waals surface area (Å²) < 4.78 is 40.8. The van der Waals surface area contributed by atoms with Crippen LogP contribution in [0.4, 0.5) is 13.2 Å². The fourth-order valence-corrected chi connectivity index (χ4v) is 2.89. The molecule has 3 rings (SSSR count). The van der Waals surface area contributed by atoms with Gasteiger partial charge in [-0.25, -0.2) is 13.2 Å². The van der Waals surface area contributed by atoms with Gasteiger partial charge in [0.15, 0.2) is 5.82 Å². The van der Waals surface area contributed by atoms with E-state index in [0.717, 1.165) is 24.6 Å². The SMILES string of the molecule is Fc1cc(F)c2nccc(CCN[C@@H]3CCNC[C@@H]3F)c2c1. The van der Waals surface area contributed by atoms with Crippen molar-refractivity contribution < 1.29 is 13.2 Å². The van der Waals surface area contributed by atoms with E-state index in [1.165, 1.54) is 12.3 Å². The standard InChI is InChI=1S/C16H18F3N3/c17-11-7-12-10(2-6-22-16(12)13(18)8-11)1-5-21-15-3-4-20-9-14(15)19/h2,6-8,14-15,20-21H,1,3-5,9H2/t14-,15+/m0/s1. The van der Waals surface area contributed by atoms with Gasteiger partial charge in [0, 0.05) is 30.2 Å². The Bertz CT molecular complexity index is 662. The van der Waals surface area contributed by atoms with Crippen LogP contribution in [0.25, 0.3) is 10.9 Å². The van der Waals surface area contributed by atoms with E-state index in [1.54, 1.807) is 6.07 Å². The summed E-state index contributed by atoms with van der Waals surface area (Å²) >= 11 is 0. The minimum Gasteiger partial charge on any atom is -0.314 e. The Morgan fingerprint density at radius 2 is 2.18 bits per heavy atom. The Kier molecular flexibility index (Phi) is 4.59. The number of fused-ring (bicyclic) bond motifs is 1. The average molecular weight is 309 g/mol. The molecule has 2 aromatic rings. The van der Waals surface area contributed by atoms with Crippen molar-refractivity contribution in [3.63, 3.8) is 0 Å². The molecule has 118 valence electrons. The Balaban J connectivity index is 1.71. The Morgan fingerprint density at radius 1 is 1.32 bits per heavy atom. The summed E-state index contributed by atoms with van der Waals surface area (Å²) in [6.45, 7) is 1.72. The first-order valence-electron chi connectivity index (χ1n) is 7.46. The van der Waals surface area contributed by atoms with Gasteiger partial charge in [-0.1, -0.05) is 0 Å². The molecular formula is C16H18F3N3. The zero-order chi connectivity index (χ0) is 15.5. The molecule has 2 N–H and O–H groups in total. The highest BCUT2D eigenvalue weighted by Crippen LogP contribution is 2.21. The number of hydrogen-bond acceptors (Lipinski definition) is 3. The van der Waals surface area contributed by atoms with Gasteiger partial charge >= 0.3 is 0 Å². The smallest absolute Gasteiger partial charge is 0.152 e. The fraction of sp³-hybridized carbons (Fsp3) is 0.438. The van der Waals surface area contributed by atoms with Gasteiger partial charge in [-0.3, -0.25) is 4.98 Å². The van der Waals surface area contributed by atoms with Gasteiger partial charge in [-0.2, -0.15) is 0 Å². The van der Waals surface area contributed by atoms with Crippen molar-refractivity contribution in [3.05, 3.63) is 41.6 Å². The summed E-state index contributed by atoms with van der Waals surface area (Å²) in [6.07, 6.45) is 1.92. The lowest BCUT2D eigenvalue weighted by Crippen LogP contribution is -2.49. The Morgan fingerprint density at radius 3 is 3.00 bits per heavy atom. The van der Waals surface area contributed by atoms with E-state index in [4.69, 9.17) is 0 Å². The molecule has 1 aliphatic heterocycles. The van der Waals surface area contributed by atoms with Crippen LogP contribution < -0.4 is 10.6 Å². The third kappa shape index (κ3) is 3.23. The van der Waals surface area contributed by atoms with Crippen LogP contribution in [-0.4, -0.2) is 36.8 Å². The second-order valence-electron chi connectivity index (χ2n) is 5.57. The predicted octanol–water partition coefficient (Wildman–Crippen LogP) is 2.35. The van der Waals surface area contributed by atoms with Gasteiger partial charge < -0.3 is 10.6 Å². The minimum absolute atomic E-state index is 0.164. The van der Waals surface area contributed by atoms with Crippen LogP contribution in [0.2, 0.25) is 0 Å². The van der Waals surface area contributed by atoms with Crippen LogP contribution in [0.5, 0.6) is 0 Å². The number of halogens is 3. The molecule has 0 radical (unpaired) electrons. The summed E-state index contributed by atoms with van der Waals surface area (Å²) in [6, 6.07) is 3.71. The van der Waals surface area contributed by atoms with Gasteiger partial charge in [0.1, 0.15) is 17.5 Å². The maximum atomic E-state index is 13.7. The lowest BCUT2D eigenvalue weighted by Gasteiger charge is -2.27. The van der Waals surface area contributed by atoms with Crippen LogP contribution >= 0.6 is 0 Å².